The topological polar surface area (TPSA) is 123 Å². The Morgan fingerprint density at radius 1 is 1.27 bits per heavy atom. The molecule has 26 heavy (non-hydrogen) atoms. The predicted molar refractivity (Wildman–Crippen MR) is 98.1 cm³/mol. The molecule has 126 valence electrons. The van der Waals surface area contributed by atoms with Gasteiger partial charge in [0.2, 0.25) is 5.82 Å². The van der Waals surface area contributed by atoms with Crippen LogP contribution in [-0.2, 0) is 0 Å². The van der Waals surface area contributed by atoms with Crippen molar-refractivity contribution < 1.29 is 5.11 Å². The number of benzene rings is 2. The van der Waals surface area contributed by atoms with Crippen molar-refractivity contribution in [2.24, 2.45) is 0 Å². The van der Waals surface area contributed by atoms with Crippen LogP contribution in [0.15, 0.2) is 48.7 Å². The second kappa shape index (κ2) is 6.62. The monoisotopic (exact) mass is 361 g/mol. The van der Waals surface area contributed by atoms with Crippen LogP contribution in [0.1, 0.15) is 5.82 Å². The minimum Gasteiger partial charge on any atom is -0.508 e. The summed E-state index contributed by atoms with van der Waals surface area (Å²) in [5.41, 5.74) is 2.80. The molecule has 0 saturated heterocycles. The quantitative estimate of drug-likeness (QED) is 0.477. The number of phenols is 1. The third-order valence-corrected chi connectivity index (χ3v) is 4.64. The molecule has 4 aromatic rings. The molecule has 4 rings (SSSR count). The van der Waals surface area contributed by atoms with Gasteiger partial charge in [-0.25, -0.2) is 4.98 Å². The molecule has 0 bridgehead atoms. The molecule has 0 aliphatic heterocycles. The van der Waals surface area contributed by atoms with Crippen molar-refractivity contribution in [2.75, 3.05) is 5.32 Å². The first-order valence-electron chi connectivity index (χ1n) is 7.53. The van der Waals surface area contributed by atoms with E-state index >= 15 is 0 Å². The van der Waals surface area contributed by atoms with Crippen molar-refractivity contribution in [1.82, 2.24) is 25.6 Å². The van der Waals surface area contributed by atoms with Gasteiger partial charge in [-0.05, 0) is 35.5 Å². The van der Waals surface area contributed by atoms with Crippen LogP contribution in [0.4, 0.5) is 5.69 Å². The zero-order valence-corrected chi connectivity index (χ0v) is 14.0. The summed E-state index contributed by atoms with van der Waals surface area (Å²) in [7, 11) is 0. The van der Waals surface area contributed by atoms with Crippen LogP contribution in [0.5, 0.6) is 5.75 Å². The SMILES string of the molecule is N#CC(=CNc1ccc2nc(-c3cccc(O)c3)sc2c1)c1nn[nH]n1. The van der Waals surface area contributed by atoms with Crippen LogP contribution < -0.4 is 5.32 Å². The highest BCUT2D eigenvalue weighted by molar-refractivity contribution is 7.21. The molecule has 2 heterocycles. The van der Waals surface area contributed by atoms with E-state index in [1.807, 2.05) is 30.3 Å². The van der Waals surface area contributed by atoms with Crippen LogP contribution >= 0.6 is 11.3 Å². The Morgan fingerprint density at radius 3 is 2.96 bits per heavy atom. The number of hydrogen-bond acceptors (Lipinski definition) is 8. The van der Waals surface area contributed by atoms with E-state index in [0.717, 1.165) is 26.5 Å². The van der Waals surface area contributed by atoms with Gasteiger partial charge >= 0.3 is 0 Å². The number of rotatable bonds is 4. The van der Waals surface area contributed by atoms with E-state index in [2.05, 4.69) is 30.9 Å². The normalized spacial score (nSPS) is 11.4. The highest BCUT2D eigenvalue weighted by Gasteiger charge is 2.08. The van der Waals surface area contributed by atoms with Gasteiger partial charge in [0.15, 0.2) is 0 Å². The lowest BCUT2D eigenvalue weighted by atomic mass is 10.2. The molecule has 0 atom stereocenters. The number of aromatic nitrogens is 5. The van der Waals surface area contributed by atoms with Crippen LogP contribution in [0.3, 0.4) is 0 Å². The van der Waals surface area contributed by atoms with Crippen molar-refractivity contribution in [3.8, 4) is 22.4 Å². The average Bonchev–Trinajstić information content (AvgIpc) is 3.32. The molecule has 9 heteroatoms. The van der Waals surface area contributed by atoms with Crippen molar-refractivity contribution in [1.29, 1.82) is 5.26 Å². The number of nitriles is 1. The summed E-state index contributed by atoms with van der Waals surface area (Å²) in [6.45, 7) is 0. The van der Waals surface area contributed by atoms with Crippen molar-refractivity contribution in [2.45, 2.75) is 0 Å². The second-order valence-corrected chi connectivity index (χ2v) is 6.33. The number of H-pyrrole nitrogens is 1. The van der Waals surface area contributed by atoms with E-state index in [0.29, 0.717) is 0 Å². The fourth-order valence-electron chi connectivity index (χ4n) is 2.36. The Hall–Kier alpha value is -3.77. The summed E-state index contributed by atoms with van der Waals surface area (Å²) in [5.74, 6) is 0.435. The summed E-state index contributed by atoms with van der Waals surface area (Å²) in [5, 5.41) is 36.1. The van der Waals surface area contributed by atoms with E-state index in [4.69, 9.17) is 0 Å². The van der Waals surface area contributed by atoms with Gasteiger partial charge in [0.05, 0.1) is 10.2 Å². The van der Waals surface area contributed by atoms with Gasteiger partial charge in [-0.15, -0.1) is 21.5 Å². The molecule has 0 aliphatic carbocycles. The number of thiazole rings is 1. The summed E-state index contributed by atoms with van der Waals surface area (Å²) in [6, 6.07) is 14.7. The number of aromatic amines is 1. The van der Waals surface area contributed by atoms with Gasteiger partial charge in [0.1, 0.15) is 22.4 Å². The van der Waals surface area contributed by atoms with Gasteiger partial charge in [0.25, 0.3) is 0 Å². The first kappa shape index (κ1) is 15.7. The molecule has 0 radical (unpaired) electrons. The van der Waals surface area contributed by atoms with Gasteiger partial charge in [0, 0.05) is 17.5 Å². The summed E-state index contributed by atoms with van der Waals surface area (Å²) in [4.78, 5) is 4.60. The third-order valence-electron chi connectivity index (χ3n) is 3.57. The number of nitrogens with one attached hydrogen (secondary N) is 2. The molecule has 0 aliphatic rings. The van der Waals surface area contributed by atoms with Crippen molar-refractivity contribution in [3.63, 3.8) is 0 Å². The minimum atomic E-state index is 0.208. The van der Waals surface area contributed by atoms with Crippen LogP contribution in [0.25, 0.3) is 26.4 Å². The van der Waals surface area contributed by atoms with Crippen LogP contribution in [0, 0.1) is 11.3 Å². The largest absolute Gasteiger partial charge is 0.508 e. The summed E-state index contributed by atoms with van der Waals surface area (Å²) >= 11 is 1.52. The third kappa shape index (κ3) is 3.09. The number of tetrazole rings is 1. The maximum absolute atomic E-state index is 9.63. The molecule has 2 aromatic carbocycles. The van der Waals surface area contributed by atoms with E-state index < -0.39 is 0 Å². The number of allylic oxidation sites excluding steroid dienone is 1. The molecular weight excluding hydrogens is 350 g/mol. The first-order chi connectivity index (χ1) is 12.7. The lowest BCUT2D eigenvalue weighted by Crippen LogP contribution is -1.92. The number of nitrogens with zero attached hydrogens (tertiary/aromatic N) is 5. The van der Waals surface area contributed by atoms with Crippen LogP contribution in [-0.4, -0.2) is 30.7 Å². The maximum Gasteiger partial charge on any atom is 0.216 e. The summed E-state index contributed by atoms with van der Waals surface area (Å²) in [6.07, 6.45) is 1.53. The molecule has 3 N–H and O–H groups in total. The lowest BCUT2D eigenvalue weighted by molar-refractivity contribution is 0.475. The Kier molecular flexibility index (Phi) is 4.01. The average molecular weight is 361 g/mol. The minimum absolute atomic E-state index is 0.208. The Bertz CT molecular complexity index is 1140. The fraction of sp³-hybridized carbons (Fsp3) is 0. The number of aromatic hydroxyl groups is 1. The molecule has 8 nitrogen and oxygen atoms in total. The van der Waals surface area contributed by atoms with Gasteiger partial charge in [-0.1, -0.05) is 12.1 Å². The van der Waals surface area contributed by atoms with E-state index in [1.165, 1.54) is 17.5 Å². The molecule has 0 saturated carbocycles. The lowest BCUT2D eigenvalue weighted by Gasteiger charge is -2.00. The van der Waals surface area contributed by atoms with Gasteiger partial charge in [-0.3, -0.25) is 0 Å². The van der Waals surface area contributed by atoms with E-state index in [9.17, 15) is 10.4 Å². The van der Waals surface area contributed by atoms with Gasteiger partial charge in [-0.2, -0.15) is 10.5 Å². The summed E-state index contributed by atoms with van der Waals surface area (Å²) < 4.78 is 0.986. The van der Waals surface area contributed by atoms with Crippen molar-refractivity contribution in [3.05, 3.63) is 54.5 Å². The Balaban J connectivity index is 1.63. The standard InChI is InChI=1S/C17H11N7OS/c18-8-11(16-21-23-24-22-16)9-19-12-4-5-14-15(7-12)26-17(20-14)10-2-1-3-13(25)6-10/h1-7,9,19,25H,(H,21,22,23,24). The number of hydrogen-bond donors (Lipinski definition) is 3. The fourth-order valence-corrected chi connectivity index (χ4v) is 3.36. The van der Waals surface area contributed by atoms with Crippen LogP contribution in [0.2, 0.25) is 0 Å². The number of fused-ring (bicyclic) bond motifs is 1. The predicted octanol–water partition coefficient (Wildman–Crippen LogP) is 3.16. The van der Waals surface area contributed by atoms with Crippen molar-refractivity contribution >= 4 is 32.8 Å². The zero-order valence-electron chi connectivity index (χ0n) is 13.2. The van der Waals surface area contributed by atoms with E-state index in [1.54, 1.807) is 18.2 Å². The van der Waals surface area contributed by atoms with Gasteiger partial charge < -0.3 is 10.4 Å². The highest BCUT2D eigenvalue weighted by atomic mass is 32.1. The van der Waals surface area contributed by atoms with E-state index in [-0.39, 0.29) is 17.1 Å². The number of anilines is 1. The smallest absolute Gasteiger partial charge is 0.216 e. The Labute approximate surface area is 151 Å². The molecule has 0 spiro atoms. The Morgan fingerprint density at radius 2 is 2.19 bits per heavy atom. The second-order valence-electron chi connectivity index (χ2n) is 5.30. The zero-order chi connectivity index (χ0) is 17.9. The molecule has 2 aromatic heterocycles. The first-order valence-corrected chi connectivity index (χ1v) is 8.35. The maximum atomic E-state index is 9.63. The molecular formula is C17H11N7OS. The highest BCUT2D eigenvalue weighted by Crippen LogP contribution is 2.33. The molecule has 0 fully saturated rings. The number of phenolic OH excluding ortho intramolecular Hbond substituents is 1. The molecule has 0 unspecified atom stereocenters. The molecule has 0 amide bonds.